The Hall–Kier alpha value is -1.01. The zero-order chi connectivity index (χ0) is 10.8. The molecule has 15 heavy (non-hydrogen) atoms. The fourth-order valence-electron chi connectivity index (χ4n) is 1.15. The molecule has 0 aliphatic carbocycles. The molecular formula is C8H10ClN5S. The summed E-state index contributed by atoms with van der Waals surface area (Å²) < 4.78 is 0. The molecule has 1 aliphatic heterocycles. The van der Waals surface area contributed by atoms with E-state index in [-0.39, 0.29) is 5.95 Å². The van der Waals surface area contributed by atoms with Crippen molar-refractivity contribution in [3.63, 3.8) is 0 Å². The van der Waals surface area contributed by atoms with Gasteiger partial charge in [0.2, 0.25) is 5.95 Å². The van der Waals surface area contributed by atoms with Gasteiger partial charge in [-0.25, -0.2) is 9.97 Å². The molecule has 1 aromatic rings. The van der Waals surface area contributed by atoms with E-state index < -0.39 is 0 Å². The maximum absolute atomic E-state index is 5.79. The summed E-state index contributed by atoms with van der Waals surface area (Å²) in [5.41, 5.74) is 6.20. The Balaban J connectivity index is 2.30. The van der Waals surface area contributed by atoms with Gasteiger partial charge in [0, 0.05) is 12.6 Å². The van der Waals surface area contributed by atoms with Crippen LogP contribution >= 0.6 is 23.4 Å². The Bertz CT molecular complexity index is 388. The van der Waals surface area contributed by atoms with Crippen LogP contribution in [-0.2, 0) is 0 Å². The fraction of sp³-hybridized carbons (Fsp3) is 0.375. The Morgan fingerprint density at radius 2 is 2.40 bits per heavy atom. The van der Waals surface area contributed by atoms with E-state index >= 15 is 0 Å². The van der Waals surface area contributed by atoms with Gasteiger partial charge in [0.15, 0.2) is 0 Å². The first kappa shape index (κ1) is 10.5. The number of nitrogen functional groups attached to an aromatic ring is 1. The number of nitrogens with two attached hydrogens (primary N) is 1. The molecule has 0 fully saturated rings. The SMILES string of the molecule is CCN1CSC(c2cc(Cl)nc(N)n2)=N1. The molecule has 1 aromatic heterocycles. The number of hydrogen-bond donors (Lipinski definition) is 1. The molecule has 1 aliphatic rings. The highest BCUT2D eigenvalue weighted by Gasteiger charge is 2.17. The molecule has 2 heterocycles. The Kier molecular flexibility index (Phi) is 2.97. The Labute approximate surface area is 96.7 Å². The van der Waals surface area contributed by atoms with Crippen LogP contribution in [0.25, 0.3) is 0 Å². The lowest BCUT2D eigenvalue weighted by molar-refractivity contribution is 0.368. The van der Waals surface area contributed by atoms with Crippen molar-refractivity contribution >= 4 is 34.4 Å². The van der Waals surface area contributed by atoms with Crippen molar-refractivity contribution in [2.24, 2.45) is 5.10 Å². The number of rotatable bonds is 2. The summed E-state index contributed by atoms with van der Waals surface area (Å²) in [5, 5.41) is 7.50. The van der Waals surface area contributed by atoms with Crippen molar-refractivity contribution in [3.05, 3.63) is 16.9 Å². The van der Waals surface area contributed by atoms with E-state index in [1.807, 2.05) is 11.9 Å². The second-order valence-electron chi connectivity index (χ2n) is 2.94. The van der Waals surface area contributed by atoms with E-state index in [0.717, 1.165) is 17.5 Å². The van der Waals surface area contributed by atoms with Crippen LogP contribution < -0.4 is 5.73 Å². The van der Waals surface area contributed by atoms with Crippen molar-refractivity contribution in [2.45, 2.75) is 6.92 Å². The zero-order valence-electron chi connectivity index (χ0n) is 8.14. The predicted octanol–water partition coefficient (Wildman–Crippen LogP) is 1.40. The van der Waals surface area contributed by atoms with Crippen LogP contribution in [0, 0.1) is 0 Å². The summed E-state index contributed by atoms with van der Waals surface area (Å²) in [6, 6.07) is 1.67. The van der Waals surface area contributed by atoms with E-state index in [0.29, 0.717) is 10.8 Å². The van der Waals surface area contributed by atoms with E-state index in [9.17, 15) is 0 Å². The van der Waals surface area contributed by atoms with Crippen LogP contribution in [0.3, 0.4) is 0 Å². The van der Waals surface area contributed by atoms with Gasteiger partial charge in [-0.05, 0) is 6.92 Å². The first-order valence-electron chi connectivity index (χ1n) is 4.46. The van der Waals surface area contributed by atoms with E-state index in [2.05, 4.69) is 15.1 Å². The minimum Gasteiger partial charge on any atom is -0.368 e. The third kappa shape index (κ3) is 2.32. The number of nitrogens with zero attached hydrogens (tertiary/aromatic N) is 4. The van der Waals surface area contributed by atoms with Crippen molar-refractivity contribution < 1.29 is 0 Å². The summed E-state index contributed by atoms with van der Waals surface area (Å²) in [6.45, 7) is 2.93. The summed E-state index contributed by atoms with van der Waals surface area (Å²) in [7, 11) is 0. The van der Waals surface area contributed by atoms with Crippen molar-refractivity contribution in [1.82, 2.24) is 15.0 Å². The number of aromatic nitrogens is 2. The van der Waals surface area contributed by atoms with E-state index in [1.54, 1.807) is 17.8 Å². The highest BCUT2D eigenvalue weighted by molar-refractivity contribution is 8.14. The maximum atomic E-state index is 5.79. The quantitative estimate of drug-likeness (QED) is 0.796. The second-order valence-corrected chi connectivity index (χ2v) is 4.26. The molecule has 0 atom stereocenters. The van der Waals surface area contributed by atoms with Crippen LogP contribution in [0.4, 0.5) is 5.95 Å². The molecular weight excluding hydrogens is 234 g/mol. The van der Waals surface area contributed by atoms with E-state index in [4.69, 9.17) is 17.3 Å². The summed E-state index contributed by atoms with van der Waals surface area (Å²) >= 11 is 7.41. The van der Waals surface area contributed by atoms with Crippen LogP contribution in [-0.4, -0.2) is 32.4 Å². The third-order valence-corrected chi connectivity index (χ3v) is 3.06. The summed E-state index contributed by atoms with van der Waals surface area (Å²) in [6.07, 6.45) is 0. The molecule has 0 saturated carbocycles. The van der Waals surface area contributed by atoms with Gasteiger partial charge in [-0.3, -0.25) is 5.01 Å². The highest BCUT2D eigenvalue weighted by Crippen LogP contribution is 2.22. The predicted molar refractivity (Wildman–Crippen MR) is 62.8 cm³/mol. The topological polar surface area (TPSA) is 67.4 Å². The first-order valence-corrected chi connectivity index (χ1v) is 5.82. The summed E-state index contributed by atoms with van der Waals surface area (Å²) in [5.74, 6) is 1.02. The lowest BCUT2D eigenvalue weighted by Gasteiger charge is -2.06. The smallest absolute Gasteiger partial charge is 0.222 e. The zero-order valence-corrected chi connectivity index (χ0v) is 9.72. The third-order valence-electron chi connectivity index (χ3n) is 1.88. The number of anilines is 1. The Morgan fingerprint density at radius 3 is 3.00 bits per heavy atom. The van der Waals surface area contributed by atoms with Crippen LogP contribution in [0.1, 0.15) is 12.6 Å². The van der Waals surface area contributed by atoms with Gasteiger partial charge >= 0.3 is 0 Å². The molecule has 80 valence electrons. The average molecular weight is 244 g/mol. The molecule has 0 aromatic carbocycles. The van der Waals surface area contributed by atoms with Gasteiger partial charge in [-0.1, -0.05) is 23.4 Å². The molecule has 0 amide bonds. The molecule has 0 bridgehead atoms. The lowest BCUT2D eigenvalue weighted by atomic mass is 10.4. The highest BCUT2D eigenvalue weighted by atomic mass is 35.5. The molecule has 5 nitrogen and oxygen atoms in total. The normalized spacial score (nSPS) is 15.6. The van der Waals surface area contributed by atoms with E-state index in [1.165, 1.54) is 0 Å². The minimum atomic E-state index is 0.177. The van der Waals surface area contributed by atoms with Gasteiger partial charge in [0.05, 0.1) is 5.88 Å². The monoisotopic (exact) mass is 243 g/mol. The van der Waals surface area contributed by atoms with Gasteiger partial charge < -0.3 is 5.73 Å². The van der Waals surface area contributed by atoms with Gasteiger partial charge in [-0.15, -0.1) is 0 Å². The van der Waals surface area contributed by atoms with Crippen LogP contribution in [0.15, 0.2) is 11.2 Å². The molecule has 0 spiro atoms. The number of hydrazone groups is 1. The number of hydrogen-bond acceptors (Lipinski definition) is 6. The van der Waals surface area contributed by atoms with Gasteiger partial charge in [0.1, 0.15) is 15.9 Å². The van der Waals surface area contributed by atoms with Crippen LogP contribution in [0.5, 0.6) is 0 Å². The average Bonchev–Trinajstić information content (AvgIpc) is 2.64. The van der Waals surface area contributed by atoms with Crippen molar-refractivity contribution in [2.75, 3.05) is 18.2 Å². The molecule has 0 unspecified atom stereocenters. The van der Waals surface area contributed by atoms with Gasteiger partial charge in [-0.2, -0.15) is 5.10 Å². The molecule has 0 radical (unpaired) electrons. The van der Waals surface area contributed by atoms with Crippen molar-refractivity contribution in [3.8, 4) is 0 Å². The molecule has 7 heteroatoms. The lowest BCUT2D eigenvalue weighted by Crippen LogP contribution is -2.10. The standard InChI is InChI=1S/C8H10ClN5S/c1-2-14-4-15-7(13-14)5-3-6(9)12-8(10)11-5/h3H,2,4H2,1H3,(H2,10,11,12). The van der Waals surface area contributed by atoms with Gasteiger partial charge in [0.25, 0.3) is 0 Å². The largest absolute Gasteiger partial charge is 0.368 e. The molecule has 0 saturated heterocycles. The second kappa shape index (κ2) is 4.24. The minimum absolute atomic E-state index is 0.177. The molecule has 2 rings (SSSR count). The number of halogens is 1. The maximum Gasteiger partial charge on any atom is 0.222 e. The Morgan fingerprint density at radius 1 is 1.60 bits per heavy atom. The summed E-state index contributed by atoms with van der Waals surface area (Å²) in [4.78, 5) is 7.89. The van der Waals surface area contributed by atoms with Crippen LogP contribution in [0.2, 0.25) is 5.15 Å². The van der Waals surface area contributed by atoms with Crippen molar-refractivity contribution in [1.29, 1.82) is 0 Å². The first-order chi connectivity index (χ1) is 7.19. The molecule has 2 N–H and O–H groups in total. The fourth-order valence-corrected chi connectivity index (χ4v) is 2.28. The number of thioether (sulfide) groups is 1.